The van der Waals surface area contributed by atoms with Crippen LogP contribution in [0, 0.1) is 0 Å². The summed E-state index contributed by atoms with van der Waals surface area (Å²) in [4.78, 5) is 0. The zero-order valence-electron chi connectivity index (χ0n) is 5.82. The van der Waals surface area contributed by atoms with Crippen molar-refractivity contribution in [1.82, 2.24) is 0 Å². The Morgan fingerprint density at radius 2 is 2.11 bits per heavy atom. The molecule has 0 aliphatic carbocycles. The van der Waals surface area contributed by atoms with Crippen LogP contribution in [0.1, 0.15) is 19.3 Å². The van der Waals surface area contributed by atoms with E-state index < -0.39 is 0 Å². The quantitative estimate of drug-likeness (QED) is 0.332. The first-order valence-corrected chi connectivity index (χ1v) is 4.88. The van der Waals surface area contributed by atoms with Gasteiger partial charge in [-0.25, -0.2) is 0 Å². The summed E-state index contributed by atoms with van der Waals surface area (Å²) >= 11 is 5.49. The largest absolute Gasteiger partial charge is 0.421 e. The zero-order valence-corrected chi connectivity index (χ0v) is 7.58. The third-order valence-electron chi connectivity index (χ3n) is 1.06. The summed E-state index contributed by atoms with van der Waals surface area (Å²) < 4.78 is 4.92. The van der Waals surface area contributed by atoms with Gasteiger partial charge >= 0.3 is 0 Å². The molecule has 0 saturated carbocycles. The Balaban J connectivity index is 2.60. The molecule has 0 saturated heterocycles. The summed E-state index contributed by atoms with van der Waals surface area (Å²) in [6.45, 7) is 0. The van der Waals surface area contributed by atoms with Crippen LogP contribution in [0.25, 0.3) is 0 Å². The van der Waals surface area contributed by atoms with Gasteiger partial charge in [-0.3, -0.25) is 0 Å². The molecule has 3 heteroatoms. The van der Waals surface area contributed by atoms with Gasteiger partial charge in [0.15, 0.2) is 0 Å². The van der Waals surface area contributed by atoms with Crippen molar-refractivity contribution in [3.8, 4) is 0 Å². The first-order chi connectivity index (χ1) is 4.41. The van der Waals surface area contributed by atoms with Gasteiger partial charge in [-0.2, -0.15) is 0 Å². The molecule has 0 aromatic carbocycles. The van der Waals surface area contributed by atoms with E-state index in [0.717, 1.165) is 12.3 Å². The van der Waals surface area contributed by atoms with Crippen LogP contribution in [0.5, 0.6) is 0 Å². The van der Waals surface area contributed by atoms with Crippen LogP contribution in [0.3, 0.4) is 0 Å². The second kappa shape index (κ2) is 8.47. The Bertz CT molecular complexity index is 46.3. The Morgan fingerprint density at radius 3 is 2.67 bits per heavy atom. The van der Waals surface area contributed by atoms with Crippen molar-refractivity contribution in [2.24, 2.45) is 0 Å². The lowest BCUT2D eigenvalue weighted by Gasteiger charge is -1.94. The van der Waals surface area contributed by atoms with Gasteiger partial charge in [0.1, 0.15) is 0 Å². The fraction of sp³-hybridized carbons (Fsp3) is 1.00. The van der Waals surface area contributed by atoms with Crippen LogP contribution in [0.15, 0.2) is 0 Å². The molecule has 0 atom stereocenters. The molecule has 0 fully saturated rings. The second-order valence-electron chi connectivity index (χ2n) is 1.85. The van der Waals surface area contributed by atoms with E-state index in [-0.39, 0.29) is 0 Å². The first-order valence-electron chi connectivity index (χ1n) is 3.23. The van der Waals surface area contributed by atoms with Crippen molar-refractivity contribution in [1.29, 1.82) is 0 Å². The standard InChI is InChI=1S/C6H13ClOSi/c1-8-9-6-4-2-3-5-7/h2-6H2,1H3. The van der Waals surface area contributed by atoms with E-state index in [4.69, 9.17) is 16.0 Å². The van der Waals surface area contributed by atoms with E-state index in [2.05, 4.69) is 0 Å². The highest BCUT2D eigenvalue weighted by Crippen LogP contribution is 2.00. The van der Waals surface area contributed by atoms with Crippen LogP contribution in [0.4, 0.5) is 0 Å². The molecule has 1 nitrogen and oxygen atoms in total. The van der Waals surface area contributed by atoms with Crippen molar-refractivity contribution in [2.45, 2.75) is 25.3 Å². The average Bonchev–Trinajstić information content (AvgIpc) is 1.89. The Kier molecular flexibility index (Phi) is 8.91. The Labute approximate surface area is 64.7 Å². The molecule has 0 aliphatic heterocycles. The highest BCUT2D eigenvalue weighted by Gasteiger charge is 1.88. The van der Waals surface area contributed by atoms with E-state index in [1.165, 1.54) is 18.9 Å². The summed E-state index contributed by atoms with van der Waals surface area (Å²) in [5, 5.41) is 0. The third kappa shape index (κ3) is 8.47. The van der Waals surface area contributed by atoms with E-state index in [9.17, 15) is 0 Å². The summed E-state index contributed by atoms with van der Waals surface area (Å²) in [5.41, 5.74) is 0. The number of halogens is 1. The molecule has 0 rings (SSSR count). The maximum Gasteiger partial charge on any atom is 0.229 e. The summed E-state index contributed by atoms with van der Waals surface area (Å²) in [6, 6.07) is 1.20. The van der Waals surface area contributed by atoms with Crippen LogP contribution in [-0.2, 0) is 4.43 Å². The van der Waals surface area contributed by atoms with E-state index in [1.807, 2.05) is 0 Å². The monoisotopic (exact) mass is 164 g/mol. The molecule has 0 aromatic heterocycles. The predicted molar refractivity (Wildman–Crippen MR) is 42.1 cm³/mol. The minimum absolute atomic E-state index is 0.683. The van der Waals surface area contributed by atoms with Crippen molar-refractivity contribution in [3.63, 3.8) is 0 Å². The molecule has 0 spiro atoms. The summed E-state index contributed by atoms with van der Waals surface area (Å²) in [7, 11) is 2.43. The molecule has 0 unspecified atom stereocenters. The van der Waals surface area contributed by atoms with Gasteiger partial charge in [0.2, 0.25) is 9.76 Å². The van der Waals surface area contributed by atoms with Crippen molar-refractivity contribution in [3.05, 3.63) is 0 Å². The van der Waals surface area contributed by atoms with E-state index in [1.54, 1.807) is 7.11 Å². The van der Waals surface area contributed by atoms with E-state index >= 15 is 0 Å². The molecular formula is C6H13ClOSi. The predicted octanol–water partition coefficient (Wildman–Crippen LogP) is 2.08. The lowest BCUT2D eigenvalue weighted by molar-refractivity contribution is 0.439. The number of hydrogen-bond acceptors (Lipinski definition) is 1. The molecule has 0 amide bonds. The molecule has 0 aliphatic rings. The third-order valence-corrected chi connectivity index (χ3v) is 2.17. The van der Waals surface area contributed by atoms with Crippen molar-refractivity contribution < 1.29 is 4.43 Å². The van der Waals surface area contributed by atoms with Gasteiger partial charge in [0.25, 0.3) is 0 Å². The molecular weight excluding hydrogens is 152 g/mol. The summed E-state index contributed by atoms with van der Waals surface area (Å²) in [6.07, 6.45) is 3.66. The topological polar surface area (TPSA) is 9.23 Å². The van der Waals surface area contributed by atoms with Crippen LogP contribution >= 0.6 is 11.6 Å². The molecule has 9 heavy (non-hydrogen) atoms. The number of unbranched alkanes of at least 4 members (excludes halogenated alkanes) is 2. The maximum atomic E-state index is 5.49. The second-order valence-corrected chi connectivity index (χ2v) is 3.42. The van der Waals surface area contributed by atoms with Gasteiger partial charge in [-0.1, -0.05) is 12.8 Å². The zero-order chi connectivity index (χ0) is 6.95. The maximum absolute atomic E-state index is 5.49. The average molecular weight is 165 g/mol. The molecule has 54 valence electrons. The van der Waals surface area contributed by atoms with Crippen molar-refractivity contribution in [2.75, 3.05) is 13.0 Å². The first kappa shape index (κ1) is 9.47. The minimum atomic E-state index is 0.683. The van der Waals surface area contributed by atoms with Crippen LogP contribution < -0.4 is 0 Å². The fourth-order valence-electron chi connectivity index (χ4n) is 0.570. The van der Waals surface area contributed by atoms with Gasteiger partial charge in [-0.05, 0) is 12.5 Å². The smallest absolute Gasteiger partial charge is 0.229 e. The Hall–Kier alpha value is 0.467. The molecule has 0 N–H and O–H groups in total. The van der Waals surface area contributed by atoms with Crippen LogP contribution in [0.2, 0.25) is 6.04 Å². The highest BCUT2D eigenvalue weighted by atomic mass is 35.5. The fourth-order valence-corrected chi connectivity index (χ4v) is 1.36. The van der Waals surface area contributed by atoms with Gasteiger partial charge in [-0.15, -0.1) is 11.6 Å². The van der Waals surface area contributed by atoms with Crippen molar-refractivity contribution >= 4 is 21.4 Å². The van der Waals surface area contributed by atoms with E-state index in [0.29, 0.717) is 9.76 Å². The summed E-state index contributed by atoms with van der Waals surface area (Å²) in [5.74, 6) is 0.802. The number of alkyl halides is 1. The van der Waals surface area contributed by atoms with Gasteiger partial charge in [0, 0.05) is 13.0 Å². The number of rotatable bonds is 6. The van der Waals surface area contributed by atoms with Gasteiger partial charge in [0.05, 0.1) is 0 Å². The normalized spacial score (nSPS) is 10.0. The van der Waals surface area contributed by atoms with Crippen LogP contribution in [-0.4, -0.2) is 22.8 Å². The molecule has 0 heterocycles. The highest BCUT2D eigenvalue weighted by molar-refractivity contribution is 6.26. The SMILES string of the molecule is CO[Si]CCCCCCl. The molecule has 0 bridgehead atoms. The molecule has 0 aromatic rings. The lowest BCUT2D eigenvalue weighted by Crippen LogP contribution is -1.91. The van der Waals surface area contributed by atoms with Gasteiger partial charge < -0.3 is 4.43 Å². The molecule has 2 radical (unpaired) electrons. The minimum Gasteiger partial charge on any atom is -0.421 e. The lowest BCUT2D eigenvalue weighted by atomic mass is 10.3. The number of hydrogen-bond donors (Lipinski definition) is 0. The Morgan fingerprint density at radius 1 is 1.33 bits per heavy atom.